The summed E-state index contributed by atoms with van der Waals surface area (Å²) in [5.74, 6) is 0. The molecule has 270 valence electrons. The van der Waals surface area contributed by atoms with Gasteiger partial charge in [-0.2, -0.15) is 0 Å². The molecule has 0 saturated heterocycles. The minimum Gasteiger partial charge on any atom is -0.310 e. The van der Waals surface area contributed by atoms with Gasteiger partial charge in [-0.1, -0.05) is 159 Å². The van der Waals surface area contributed by atoms with Crippen molar-refractivity contribution in [3.8, 4) is 44.0 Å². The summed E-state index contributed by atoms with van der Waals surface area (Å²) in [4.78, 5) is 7.48. The highest BCUT2D eigenvalue weighted by Gasteiger charge is 2.35. The SMILES string of the molecule is CC1(C)c2ccccc2-c2cc(N(c3ccc(-c4ccccc4)cc3)c3ccc(-c4cc5c(ccc6nc(-c7ccccc7)sc65)c5ccccc45)cc3)ccc21. The van der Waals surface area contributed by atoms with Crippen LogP contribution in [0.3, 0.4) is 0 Å². The number of hydrogen-bond acceptors (Lipinski definition) is 3. The summed E-state index contributed by atoms with van der Waals surface area (Å²) >= 11 is 1.78. The van der Waals surface area contributed by atoms with Crippen LogP contribution in [0.2, 0.25) is 0 Å². The van der Waals surface area contributed by atoms with E-state index in [-0.39, 0.29) is 5.41 Å². The smallest absolute Gasteiger partial charge is 0.124 e. The number of anilines is 3. The van der Waals surface area contributed by atoms with Crippen LogP contribution in [-0.4, -0.2) is 4.98 Å². The summed E-state index contributed by atoms with van der Waals surface area (Å²) in [6.07, 6.45) is 0. The first-order valence-electron chi connectivity index (χ1n) is 19.6. The van der Waals surface area contributed by atoms with Crippen molar-refractivity contribution < 1.29 is 0 Å². The lowest BCUT2D eigenvalue weighted by molar-refractivity contribution is 0.660. The van der Waals surface area contributed by atoms with E-state index in [1.807, 2.05) is 0 Å². The second-order valence-corrected chi connectivity index (χ2v) is 16.6. The van der Waals surface area contributed by atoms with Crippen molar-refractivity contribution in [1.29, 1.82) is 0 Å². The Bertz CT molecular complexity index is 3120. The molecule has 1 aromatic heterocycles. The average Bonchev–Trinajstić information content (AvgIpc) is 3.81. The molecule has 3 heteroatoms. The molecule has 0 aliphatic heterocycles. The van der Waals surface area contributed by atoms with Crippen LogP contribution in [0.4, 0.5) is 17.1 Å². The zero-order valence-corrected chi connectivity index (χ0v) is 32.6. The molecule has 0 unspecified atom stereocenters. The van der Waals surface area contributed by atoms with Gasteiger partial charge in [0.1, 0.15) is 5.01 Å². The Hall–Kier alpha value is -6.81. The lowest BCUT2D eigenvalue weighted by Crippen LogP contribution is -2.15. The third-order valence-electron chi connectivity index (χ3n) is 11.9. The predicted octanol–water partition coefficient (Wildman–Crippen LogP) is 15.4. The molecule has 2 nitrogen and oxygen atoms in total. The fourth-order valence-corrected chi connectivity index (χ4v) is 10.1. The molecule has 9 aromatic carbocycles. The first kappa shape index (κ1) is 33.5. The quantitative estimate of drug-likeness (QED) is 0.158. The topological polar surface area (TPSA) is 16.1 Å². The summed E-state index contributed by atoms with van der Waals surface area (Å²) in [5.41, 5.74) is 15.7. The van der Waals surface area contributed by atoms with Crippen LogP contribution in [0.5, 0.6) is 0 Å². The van der Waals surface area contributed by atoms with Crippen molar-refractivity contribution in [3.05, 3.63) is 205 Å². The molecule has 0 radical (unpaired) electrons. The maximum atomic E-state index is 5.08. The van der Waals surface area contributed by atoms with Crippen molar-refractivity contribution in [2.24, 2.45) is 0 Å². The second kappa shape index (κ2) is 13.2. The van der Waals surface area contributed by atoms with E-state index in [0.717, 1.165) is 33.1 Å². The lowest BCUT2D eigenvalue weighted by Gasteiger charge is -2.27. The standard InChI is InChI=1S/C54H38N2S/c1-54(2)49-20-12-11-19-45(49)47-33-41(29-31-50(47)54)56(39-25-21-36(22-26-39)35-13-5-3-6-14-35)40-27-23-37(24-28-40)46-34-48-44(42-17-9-10-18-43(42)46)30-32-51-52(48)57-53(55-51)38-15-7-4-8-16-38/h3-34H,1-2H3. The van der Waals surface area contributed by atoms with Crippen LogP contribution < -0.4 is 4.90 Å². The number of thiazole rings is 1. The van der Waals surface area contributed by atoms with Gasteiger partial charge in [-0.15, -0.1) is 11.3 Å². The molecule has 0 fully saturated rings. The highest BCUT2D eigenvalue weighted by molar-refractivity contribution is 7.22. The lowest BCUT2D eigenvalue weighted by atomic mass is 9.82. The van der Waals surface area contributed by atoms with Gasteiger partial charge in [-0.3, -0.25) is 0 Å². The van der Waals surface area contributed by atoms with Gasteiger partial charge in [0.25, 0.3) is 0 Å². The van der Waals surface area contributed by atoms with Crippen LogP contribution in [0.1, 0.15) is 25.0 Å². The molecule has 10 aromatic rings. The first-order valence-corrected chi connectivity index (χ1v) is 20.4. The van der Waals surface area contributed by atoms with Crippen LogP contribution in [0.25, 0.3) is 75.7 Å². The molecule has 0 bridgehead atoms. The normalized spacial score (nSPS) is 12.9. The molecule has 0 saturated carbocycles. The minimum atomic E-state index is -0.0508. The largest absolute Gasteiger partial charge is 0.310 e. The van der Waals surface area contributed by atoms with E-state index in [9.17, 15) is 0 Å². The summed E-state index contributed by atoms with van der Waals surface area (Å²) in [6.45, 7) is 4.68. The number of fused-ring (bicyclic) bond motifs is 8. The number of aromatic nitrogens is 1. The van der Waals surface area contributed by atoms with E-state index in [2.05, 4.69) is 213 Å². The fourth-order valence-electron chi connectivity index (χ4n) is 9.03. The van der Waals surface area contributed by atoms with Crippen molar-refractivity contribution in [1.82, 2.24) is 4.98 Å². The summed E-state index contributed by atoms with van der Waals surface area (Å²) < 4.78 is 1.22. The number of hydrogen-bond donors (Lipinski definition) is 0. The molecular formula is C54H38N2S. The molecule has 0 spiro atoms. The van der Waals surface area contributed by atoms with Crippen LogP contribution in [-0.2, 0) is 5.41 Å². The average molecular weight is 747 g/mol. The van der Waals surface area contributed by atoms with E-state index in [0.29, 0.717) is 0 Å². The van der Waals surface area contributed by atoms with Crippen LogP contribution in [0.15, 0.2) is 194 Å². The summed E-state index contributed by atoms with van der Waals surface area (Å²) in [7, 11) is 0. The Morgan fingerprint density at radius 2 is 0.965 bits per heavy atom. The van der Waals surface area contributed by atoms with Gasteiger partial charge >= 0.3 is 0 Å². The van der Waals surface area contributed by atoms with Crippen molar-refractivity contribution in [2.45, 2.75) is 19.3 Å². The van der Waals surface area contributed by atoms with E-state index in [1.165, 1.54) is 70.8 Å². The molecular weight excluding hydrogens is 709 g/mol. The van der Waals surface area contributed by atoms with Gasteiger partial charge in [-0.05, 0) is 109 Å². The zero-order chi connectivity index (χ0) is 38.1. The Balaban J connectivity index is 1.05. The van der Waals surface area contributed by atoms with Crippen molar-refractivity contribution >= 4 is 60.2 Å². The Morgan fingerprint density at radius 3 is 1.70 bits per heavy atom. The molecule has 1 aliphatic rings. The van der Waals surface area contributed by atoms with Gasteiger partial charge in [0.2, 0.25) is 0 Å². The molecule has 11 rings (SSSR count). The molecule has 1 heterocycles. The van der Waals surface area contributed by atoms with Gasteiger partial charge in [0.05, 0.1) is 10.2 Å². The maximum Gasteiger partial charge on any atom is 0.124 e. The molecule has 0 amide bonds. The van der Waals surface area contributed by atoms with Crippen molar-refractivity contribution in [2.75, 3.05) is 4.90 Å². The number of benzene rings is 9. The summed E-state index contributed by atoms with van der Waals surface area (Å²) in [6, 6.07) is 70.8. The Kier molecular flexibility index (Phi) is 7.74. The highest BCUT2D eigenvalue weighted by atomic mass is 32.1. The second-order valence-electron chi connectivity index (χ2n) is 15.6. The first-order chi connectivity index (χ1) is 28.0. The van der Waals surface area contributed by atoms with E-state index in [1.54, 1.807) is 11.3 Å². The van der Waals surface area contributed by atoms with Crippen molar-refractivity contribution in [3.63, 3.8) is 0 Å². The van der Waals surface area contributed by atoms with Gasteiger partial charge in [0, 0.05) is 33.4 Å². The minimum absolute atomic E-state index is 0.0508. The molecule has 57 heavy (non-hydrogen) atoms. The van der Waals surface area contributed by atoms with Gasteiger partial charge < -0.3 is 4.90 Å². The summed E-state index contributed by atoms with van der Waals surface area (Å²) in [5, 5.41) is 6.05. The predicted molar refractivity (Wildman–Crippen MR) is 243 cm³/mol. The van der Waals surface area contributed by atoms with Crippen LogP contribution in [0, 0.1) is 0 Å². The number of nitrogens with zero attached hydrogens (tertiary/aromatic N) is 2. The van der Waals surface area contributed by atoms with Crippen LogP contribution >= 0.6 is 11.3 Å². The molecule has 0 atom stereocenters. The fraction of sp³-hybridized carbons (Fsp3) is 0.0556. The molecule has 0 N–H and O–H groups in total. The van der Waals surface area contributed by atoms with Gasteiger partial charge in [-0.25, -0.2) is 4.98 Å². The number of rotatable bonds is 6. The maximum absolute atomic E-state index is 5.08. The Labute approximate surface area is 337 Å². The molecule has 1 aliphatic carbocycles. The zero-order valence-electron chi connectivity index (χ0n) is 31.8. The third kappa shape index (κ3) is 5.50. The Morgan fingerprint density at radius 1 is 0.404 bits per heavy atom. The van der Waals surface area contributed by atoms with Gasteiger partial charge in [0.15, 0.2) is 0 Å². The highest BCUT2D eigenvalue weighted by Crippen LogP contribution is 2.51. The van der Waals surface area contributed by atoms with E-state index >= 15 is 0 Å². The van der Waals surface area contributed by atoms with E-state index in [4.69, 9.17) is 4.98 Å². The van der Waals surface area contributed by atoms with E-state index < -0.39 is 0 Å². The third-order valence-corrected chi connectivity index (χ3v) is 13.1. The monoisotopic (exact) mass is 746 g/mol.